The molecule has 5 aromatic rings. The number of amides is 1. The van der Waals surface area contributed by atoms with Crippen molar-refractivity contribution in [1.29, 1.82) is 0 Å². The van der Waals surface area contributed by atoms with Crippen LogP contribution in [0, 0.1) is 17.6 Å². The van der Waals surface area contributed by atoms with E-state index in [0.717, 1.165) is 23.9 Å². The largest absolute Gasteiger partial charge is 0.478 e. The fourth-order valence-corrected chi connectivity index (χ4v) is 7.19. The van der Waals surface area contributed by atoms with Crippen LogP contribution in [-0.4, -0.2) is 100 Å². The average molecular weight is 717 g/mol. The topological polar surface area (TPSA) is 187 Å². The number of ether oxygens (including phenoxy) is 2. The fraction of sp³-hybridized carbons (Fsp3) is 0.257. The van der Waals surface area contributed by atoms with Gasteiger partial charge in [-0.1, -0.05) is 6.07 Å². The Morgan fingerprint density at radius 1 is 1.08 bits per heavy atom. The molecule has 15 nitrogen and oxygen atoms in total. The number of carbonyl (C=O) groups is 4. The molecule has 7 rings (SSSR count). The van der Waals surface area contributed by atoms with E-state index in [1.807, 2.05) is 7.05 Å². The van der Waals surface area contributed by atoms with E-state index in [-0.39, 0.29) is 39.6 Å². The van der Waals surface area contributed by atoms with E-state index in [9.17, 15) is 29.1 Å². The van der Waals surface area contributed by atoms with Gasteiger partial charge < -0.3 is 34.5 Å². The van der Waals surface area contributed by atoms with E-state index in [1.165, 1.54) is 29.8 Å². The number of benzene rings is 1. The first-order valence-corrected chi connectivity index (χ1v) is 16.0. The van der Waals surface area contributed by atoms with Crippen LogP contribution >= 0.6 is 0 Å². The van der Waals surface area contributed by atoms with Gasteiger partial charge in [-0.25, -0.2) is 32.9 Å². The first-order valence-electron chi connectivity index (χ1n) is 16.0. The highest BCUT2D eigenvalue weighted by Crippen LogP contribution is 2.47. The Labute approximate surface area is 291 Å². The van der Waals surface area contributed by atoms with Crippen molar-refractivity contribution in [1.82, 2.24) is 19.3 Å². The molecule has 268 valence electrons. The minimum Gasteiger partial charge on any atom is -0.478 e. The lowest BCUT2D eigenvalue weighted by Crippen LogP contribution is -2.35. The van der Waals surface area contributed by atoms with Crippen molar-refractivity contribution >= 4 is 62.8 Å². The molecule has 2 atom stereocenters. The van der Waals surface area contributed by atoms with Crippen molar-refractivity contribution in [3.8, 4) is 11.1 Å². The van der Waals surface area contributed by atoms with E-state index in [4.69, 9.17) is 9.84 Å². The maximum atomic E-state index is 16.1. The molecular formula is C35H30F2N6O9. The summed E-state index contributed by atoms with van der Waals surface area (Å²) in [5.41, 5.74) is 0.819. The summed E-state index contributed by atoms with van der Waals surface area (Å²) in [5, 5.41) is 18.3. The lowest BCUT2D eigenvalue weighted by atomic mass is 10.00. The lowest BCUT2D eigenvalue weighted by molar-refractivity contribution is -0.146. The van der Waals surface area contributed by atoms with E-state index >= 15 is 8.78 Å². The SMILES string of the molecule is CN1C[C@@H]2CCN(c3c(-c4ccc5ccc(C(=O)O)c(=O)n5c4)cnc4[nH]c5c(N(C)C(=O)OCOC(=O)/C=C/C(=O)O)cc(F)c(F)c5c34)[C@@H]2C1. The number of pyridine rings is 3. The van der Waals surface area contributed by atoms with Gasteiger partial charge in [0.15, 0.2) is 11.6 Å². The smallest absolute Gasteiger partial charge is 0.416 e. The van der Waals surface area contributed by atoms with E-state index < -0.39 is 53.6 Å². The summed E-state index contributed by atoms with van der Waals surface area (Å²) < 4.78 is 42.6. The fourth-order valence-electron chi connectivity index (χ4n) is 7.19. The lowest BCUT2D eigenvalue weighted by Gasteiger charge is -2.29. The number of carbonyl (C=O) groups excluding carboxylic acids is 2. The molecule has 2 saturated heterocycles. The molecule has 6 heterocycles. The van der Waals surface area contributed by atoms with E-state index in [1.54, 1.807) is 18.3 Å². The predicted octanol–water partition coefficient (Wildman–Crippen LogP) is 3.83. The number of aliphatic carboxylic acids is 1. The summed E-state index contributed by atoms with van der Waals surface area (Å²) in [6.45, 7) is 1.22. The van der Waals surface area contributed by atoms with E-state index in [2.05, 4.69) is 24.5 Å². The summed E-state index contributed by atoms with van der Waals surface area (Å²) >= 11 is 0. The third-order valence-corrected chi connectivity index (χ3v) is 9.53. The van der Waals surface area contributed by atoms with Gasteiger partial charge in [-0.05, 0) is 37.6 Å². The highest BCUT2D eigenvalue weighted by Gasteiger charge is 2.42. The van der Waals surface area contributed by atoms with Crippen LogP contribution < -0.4 is 15.4 Å². The maximum absolute atomic E-state index is 16.1. The molecule has 2 aliphatic heterocycles. The molecule has 0 aliphatic carbocycles. The molecular weight excluding hydrogens is 686 g/mol. The van der Waals surface area contributed by atoms with Gasteiger partial charge in [-0.2, -0.15) is 0 Å². The number of esters is 1. The summed E-state index contributed by atoms with van der Waals surface area (Å²) in [7, 11) is 3.24. The maximum Gasteiger partial charge on any atom is 0.416 e. The van der Waals surface area contributed by atoms with Gasteiger partial charge >= 0.3 is 24.0 Å². The number of likely N-dealkylation sites (tertiary alicyclic amines) is 1. The monoisotopic (exact) mass is 716 g/mol. The number of hydrogen-bond donors (Lipinski definition) is 3. The quantitative estimate of drug-likeness (QED) is 0.120. The number of rotatable bonds is 8. The molecule has 0 saturated carbocycles. The van der Waals surface area contributed by atoms with Crippen molar-refractivity contribution in [2.45, 2.75) is 12.5 Å². The minimum atomic E-state index is -1.39. The van der Waals surface area contributed by atoms with Crippen LogP contribution in [0.15, 0.2) is 59.7 Å². The molecule has 0 spiro atoms. The Balaban J connectivity index is 1.38. The number of hydrogen-bond acceptors (Lipinski definition) is 10. The Morgan fingerprint density at radius 2 is 1.85 bits per heavy atom. The Hall–Kier alpha value is -6.36. The summed E-state index contributed by atoms with van der Waals surface area (Å²) in [4.78, 5) is 73.1. The molecule has 3 N–H and O–H groups in total. The number of nitrogens with one attached hydrogen (secondary N) is 1. The number of fused-ring (bicyclic) bond motifs is 5. The molecule has 0 bridgehead atoms. The van der Waals surface area contributed by atoms with Crippen LogP contribution in [-0.2, 0) is 19.1 Å². The van der Waals surface area contributed by atoms with Crippen molar-refractivity contribution in [3.63, 3.8) is 0 Å². The molecule has 52 heavy (non-hydrogen) atoms. The van der Waals surface area contributed by atoms with Crippen molar-refractivity contribution < 1.29 is 47.6 Å². The first kappa shape index (κ1) is 34.1. The summed E-state index contributed by atoms with van der Waals surface area (Å²) in [6.07, 6.45) is 3.93. The number of carboxylic acids is 2. The van der Waals surface area contributed by atoms with Gasteiger partial charge in [0.05, 0.1) is 27.7 Å². The van der Waals surface area contributed by atoms with Crippen molar-refractivity contribution in [2.24, 2.45) is 5.92 Å². The third-order valence-electron chi connectivity index (χ3n) is 9.53. The molecule has 4 aromatic heterocycles. The van der Waals surface area contributed by atoms with Gasteiger partial charge in [0.2, 0.25) is 6.79 Å². The molecule has 0 unspecified atom stereocenters. The highest BCUT2D eigenvalue weighted by molar-refractivity contribution is 6.19. The van der Waals surface area contributed by atoms with Crippen LogP contribution in [0.3, 0.4) is 0 Å². The standard InChI is InChI=1S/C35H30F2N6O9/c1-40-13-18-9-10-42(24(18)15-40)31-21(17-3-4-19-5-6-20(34(48)49)33(47)43(19)14-17)12-38-32-28(31)27-29(37)22(36)11-23(30(27)39-32)41(2)35(50)52-16-51-26(46)8-7-25(44)45/h3-8,11-12,14,18,24H,9-10,13,15-16H2,1-2H3,(H,38,39)(H,44,45)(H,48,49)/b8-7+/t18-,24+/m0/s1. The zero-order chi connectivity index (χ0) is 37.0. The summed E-state index contributed by atoms with van der Waals surface area (Å²) in [6, 6.07) is 6.95. The van der Waals surface area contributed by atoms with Gasteiger partial charge in [-0.15, -0.1) is 0 Å². The number of halogens is 2. The average Bonchev–Trinajstić information content (AvgIpc) is 3.80. The van der Waals surface area contributed by atoms with Crippen molar-refractivity contribution in [2.75, 3.05) is 50.3 Å². The number of aromatic amines is 1. The number of likely N-dealkylation sites (N-methyl/N-ethyl adjacent to an activating group) is 1. The second-order valence-electron chi connectivity index (χ2n) is 12.6. The van der Waals surface area contributed by atoms with Crippen LogP contribution in [0.25, 0.3) is 38.6 Å². The number of aromatic carboxylic acids is 1. The normalized spacial score (nSPS) is 17.3. The Kier molecular flexibility index (Phi) is 8.57. The highest BCUT2D eigenvalue weighted by atomic mass is 19.2. The third kappa shape index (κ3) is 5.83. The zero-order valence-electron chi connectivity index (χ0n) is 27.6. The second kappa shape index (κ2) is 13.1. The molecule has 2 aliphatic rings. The van der Waals surface area contributed by atoms with Crippen LogP contribution in [0.2, 0.25) is 0 Å². The molecule has 1 amide bonds. The Bertz CT molecular complexity index is 2430. The zero-order valence-corrected chi connectivity index (χ0v) is 27.6. The number of anilines is 2. The van der Waals surface area contributed by atoms with Crippen LogP contribution in [0.1, 0.15) is 16.8 Å². The van der Waals surface area contributed by atoms with Crippen LogP contribution in [0.4, 0.5) is 25.0 Å². The van der Waals surface area contributed by atoms with Gasteiger partial charge in [-0.3, -0.25) is 14.1 Å². The van der Waals surface area contributed by atoms with Crippen LogP contribution in [0.5, 0.6) is 0 Å². The summed E-state index contributed by atoms with van der Waals surface area (Å²) in [5.74, 6) is -6.04. The molecule has 0 radical (unpaired) electrons. The Morgan fingerprint density at radius 3 is 2.60 bits per heavy atom. The van der Waals surface area contributed by atoms with Gasteiger partial charge in [0, 0.05) is 80.0 Å². The molecule has 17 heteroatoms. The minimum absolute atomic E-state index is 0.00267. The first-order chi connectivity index (χ1) is 24.8. The number of aromatic nitrogens is 3. The predicted molar refractivity (Wildman–Crippen MR) is 182 cm³/mol. The number of carboxylic acid groups (broad SMARTS) is 2. The number of nitrogens with zero attached hydrogens (tertiary/aromatic N) is 5. The molecule has 1 aromatic carbocycles. The van der Waals surface area contributed by atoms with Crippen molar-refractivity contribution in [3.05, 3.63) is 82.4 Å². The molecule has 2 fully saturated rings. The second-order valence-corrected chi connectivity index (χ2v) is 12.6. The van der Waals surface area contributed by atoms with Gasteiger partial charge in [0.25, 0.3) is 5.56 Å². The van der Waals surface area contributed by atoms with E-state index in [0.29, 0.717) is 47.6 Å². The number of H-pyrrole nitrogens is 1. The van der Waals surface area contributed by atoms with Gasteiger partial charge in [0.1, 0.15) is 11.2 Å².